The molecule has 58 valence electrons. The van der Waals surface area contributed by atoms with Gasteiger partial charge in [0, 0.05) is 6.92 Å². The molecule has 4 nitrogen and oxygen atoms in total. The topological polar surface area (TPSA) is 54.9 Å². The molecule has 1 aromatic heterocycles. The first-order chi connectivity index (χ1) is 5.18. The maximum atomic E-state index is 10.5. The molecule has 1 heterocycles. The third kappa shape index (κ3) is 2.51. The van der Waals surface area contributed by atoms with Crippen LogP contribution in [0.25, 0.3) is 0 Å². The first-order valence-electron chi connectivity index (χ1n) is 2.95. The minimum Gasteiger partial charge on any atom is -0.309 e. The Morgan fingerprint density at radius 2 is 2.27 bits per heavy atom. The van der Waals surface area contributed by atoms with Crippen molar-refractivity contribution < 1.29 is 4.79 Å². The number of carbonyl (C=O) groups is 1. The lowest BCUT2D eigenvalue weighted by Crippen LogP contribution is -2.07. The standard InChI is InChI=1S/C6H6ClN3O/c1-4(11)8-6-3-2-5(7)9-10-6/h2-3H,1H3,(H,8,10,11). The number of anilines is 1. The van der Waals surface area contributed by atoms with E-state index in [0.717, 1.165) is 0 Å². The first kappa shape index (κ1) is 7.94. The highest BCUT2D eigenvalue weighted by atomic mass is 35.5. The van der Waals surface area contributed by atoms with Gasteiger partial charge in [0.2, 0.25) is 5.91 Å². The van der Waals surface area contributed by atoms with Gasteiger partial charge in [-0.05, 0) is 12.1 Å². The van der Waals surface area contributed by atoms with E-state index in [1.807, 2.05) is 0 Å². The van der Waals surface area contributed by atoms with Gasteiger partial charge in [-0.15, -0.1) is 10.2 Å². The van der Waals surface area contributed by atoms with Gasteiger partial charge >= 0.3 is 0 Å². The highest BCUT2D eigenvalue weighted by molar-refractivity contribution is 6.29. The number of carbonyl (C=O) groups excluding carboxylic acids is 1. The summed E-state index contributed by atoms with van der Waals surface area (Å²) >= 11 is 5.46. The molecule has 1 rings (SSSR count). The summed E-state index contributed by atoms with van der Waals surface area (Å²) in [7, 11) is 0. The van der Waals surface area contributed by atoms with Gasteiger partial charge in [0.25, 0.3) is 0 Å². The Morgan fingerprint density at radius 1 is 1.55 bits per heavy atom. The van der Waals surface area contributed by atoms with E-state index < -0.39 is 0 Å². The lowest BCUT2D eigenvalue weighted by molar-refractivity contribution is -0.114. The fourth-order valence-electron chi connectivity index (χ4n) is 0.563. The Bertz CT molecular complexity index is 259. The molecule has 0 bridgehead atoms. The van der Waals surface area contributed by atoms with Crippen LogP contribution in [0.5, 0.6) is 0 Å². The van der Waals surface area contributed by atoms with Crippen molar-refractivity contribution in [1.82, 2.24) is 10.2 Å². The number of rotatable bonds is 1. The zero-order valence-electron chi connectivity index (χ0n) is 5.84. The molecule has 0 saturated heterocycles. The second-order valence-electron chi connectivity index (χ2n) is 1.92. The van der Waals surface area contributed by atoms with Crippen molar-refractivity contribution >= 4 is 23.3 Å². The van der Waals surface area contributed by atoms with Crippen LogP contribution in [-0.4, -0.2) is 16.1 Å². The molecule has 5 heteroatoms. The van der Waals surface area contributed by atoms with Gasteiger partial charge < -0.3 is 5.32 Å². The van der Waals surface area contributed by atoms with Crippen LogP contribution in [0.4, 0.5) is 5.82 Å². The summed E-state index contributed by atoms with van der Waals surface area (Å²) in [6.07, 6.45) is 0. The summed E-state index contributed by atoms with van der Waals surface area (Å²) in [5.74, 6) is 0.225. The Morgan fingerprint density at radius 3 is 2.73 bits per heavy atom. The van der Waals surface area contributed by atoms with Crippen LogP contribution in [-0.2, 0) is 4.79 Å². The normalized spacial score (nSPS) is 9.27. The summed E-state index contributed by atoms with van der Waals surface area (Å²) in [5.41, 5.74) is 0. The summed E-state index contributed by atoms with van der Waals surface area (Å²) in [6.45, 7) is 1.40. The van der Waals surface area contributed by atoms with Gasteiger partial charge in [0.05, 0.1) is 0 Å². The average molecular weight is 172 g/mol. The fourth-order valence-corrected chi connectivity index (χ4v) is 0.664. The van der Waals surface area contributed by atoms with Crippen LogP contribution < -0.4 is 5.32 Å². The van der Waals surface area contributed by atoms with Crippen molar-refractivity contribution in [2.45, 2.75) is 6.92 Å². The molecule has 0 aliphatic rings. The minimum absolute atomic E-state index is 0.179. The predicted octanol–water partition coefficient (Wildman–Crippen LogP) is 1.09. The molecular formula is C6H6ClN3O. The summed E-state index contributed by atoms with van der Waals surface area (Å²) in [5, 5.41) is 9.90. The quantitative estimate of drug-likeness (QED) is 0.688. The molecule has 0 radical (unpaired) electrons. The van der Waals surface area contributed by atoms with Crippen LogP contribution in [0.3, 0.4) is 0 Å². The third-order valence-corrected chi connectivity index (χ3v) is 1.14. The summed E-state index contributed by atoms with van der Waals surface area (Å²) in [4.78, 5) is 10.5. The van der Waals surface area contributed by atoms with E-state index in [9.17, 15) is 4.79 Å². The van der Waals surface area contributed by atoms with Crippen molar-refractivity contribution in [3.05, 3.63) is 17.3 Å². The molecule has 1 amide bonds. The number of halogens is 1. The highest BCUT2D eigenvalue weighted by Gasteiger charge is 1.95. The van der Waals surface area contributed by atoms with Crippen molar-refractivity contribution in [2.24, 2.45) is 0 Å². The first-order valence-corrected chi connectivity index (χ1v) is 3.33. The monoisotopic (exact) mass is 171 g/mol. The number of hydrogen-bond acceptors (Lipinski definition) is 3. The molecule has 0 fully saturated rings. The molecule has 0 spiro atoms. The van der Waals surface area contributed by atoms with Crippen LogP contribution in [0.15, 0.2) is 12.1 Å². The zero-order chi connectivity index (χ0) is 8.27. The van der Waals surface area contributed by atoms with Gasteiger partial charge in [-0.25, -0.2) is 0 Å². The molecule has 0 unspecified atom stereocenters. The SMILES string of the molecule is CC(=O)Nc1ccc(Cl)nn1. The maximum absolute atomic E-state index is 10.5. The van der Waals surface area contributed by atoms with Crippen molar-refractivity contribution in [3.63, 3.8) is 0 Å². The lowest BCUT2D eigenvalue weighted by Gasteiger charge is -1.97. The molecule has 0 aromatic carbocycles. The largest absolute Gasteiger partial charge is 0.309 e. The van der Waals surface area contributed by atoms with Crippen molar-refractivity contribution in [2.75, 3.05) is 5.32 Å². The number of nitrogens with zero attached hydrogens (tertiary/aromatic N) is 2. The van der Waals surface area contributed by atoms with Crippen LogP contribution in [0.1, 0.15) is 6.92 Å². The third-order valence-electron chi connectivity index (χ3n) is 0.936. The lowest BCUT2D eigenvalue weighted by atomic mass is 10.5. The summed E-state index contributed by atoms with van der Waals surface area (Å²) in [6, 6.07) is 3.14. The smallest absolute Gasteiger partial charge is 0.222 e. The van der Waals surface area contributed by atoms with E-state index in [1.54, 1.807) is 12.1 Å². The maximum Gasteiger partial charge on any atom is 0.222 e. The zero-order valence-corrected chi connectivity index (χ0v) is 6.59. The van der Waals surface area contributed by atoms with Crippen molar-refractivity contribution in [3.8, 4) is 0 Å². The molecule has 0 aliphatic carbocycles. The van der Waals surface area contributed by atoms with E-state index in [4.69, 9.17) is 11.6 Å². The number of aromatic nitrogens is 2. The van der Waals surface area contributed by atoms with E-state index >= 15 is 0 Å². The average Bonchev–Trinajstić information content (AvgIpc) is 1.93. The predicted molar refractivity (Wildman–Crippen MR) is 41.3 cm³/mol. The Kier molecular flexibility index (Phi) is 2.38. The Hall–Kier alpha value is -1.16. The van der Waals surface area contributed by atoms with E-state index in [1.165, 1.54) is 6.92 Å². The van der Waals surface area contributed by atoms with Crippen LogP contribution >= 0.6 is 11.6 Å². The van der Waals surface area contributed by atoms with Gasteiger partial charge in [-0.2, -0.15) is 0 Å². The molecule has 0 atom stereocenters. The number of amides is 1. The van der Waals surface area contributed by atoms with Gasteiger partial charge in [-0.1, -0.05) is 11.6 Å². The second kappa shape index (κ2) is 3.30. The number of hydrogen-bond donors (Lipinski definition) is 1. The van der Waals surface area contributed by atoms with E-state index in [0.29, 0.717) is 11.0 Å². The fraction of sp³-hybridized carbons (Fsp3) is 0.167. The molecule has 1 aromatic rings. The molecular weight excluding hydrogens is 166 g/mol. The van der Waals surface area contributed by atoms with Crippen LogP contribution in [0, 0.1) is 0 Å². The Balaban J connectivity index is 2.74. The Labute approximate surface area is 68.6 Å². The van der Waals surface area contributed by atoms with Crippen LogP contribution in [0.2, 0.25) is 5.15 Å². The second-order valence-corrected chi connectivity index (χ2v) is 2.31. The summed E-state index contributed by atoms with van der Waals surface area (Å²) < 4.78 is 0. The minimum atomic E-state index is -0.179. The van der Waals surface area contributed by atoms with Gasteiger partial charge in [-0.3, -0.25) is 4.79 Å². The number of nitrogens with one attached hydrogen (secondary N) is 1. The van der Waals surface area contributed by atoms with Gasteiger partial charge in [0.1, 0.15) is 0 Å². The molecule has 11 heavy (non-hydrogen) atoms. The van der Waals surface area contributed by atoms with E-state index in [2.05, 4.69) is 15.5 Å². The van der Waals surface area contributed by atoms with E-state index in [-0.39, 0.29) is 5.91 Å². The van der Waals surface area contributed by atoms with Crippen molar-refractivity contribution in [1.29, 1.82) is 0 Å². The highest BCUT2D eigenvalue weighted by Crippen LogP contribution is 2.05. The molecule has 0 aliphatic heterocycles. The molecule has 1 N–H and O–H groups in total. The molecule has 0 saturated carbocycles. The van der Waals surface area contributed by atoms with Gasteiger partial charge in [0.15, 0.2) is 11.0 Å².